The second-order valence-corrected chi connectivity index (χ2v) is 5.89. The fourth-order valence-corrected chi connectivity index (χ4v) is 3.93. The molecule has 2 nitrogen and oxygen atoms in total. The molecule has 1 aliphatic carbocycles. The number of ether oxygens (including phenoxy) is 1. The van der Waals surface area contributed by atoms with Gasteiger partial charge in [0.15, 0.2) is 0 Å². The van der Waals surface area contributed by atoms with Crippen LogP contribution in [0.5, 0.6) is 0 Å². The van der Waals surface area contributed by atoms with E-state index in [4.69, 9.17) is 4.74 Å². The van der Waals surface area contributed by atoms with Crippen LogP contribution in [0.15, 0.2) is 11.4 Å². The third-order valence-corrected chi connectivity index (χ3v) is 5.02. The van der Waals surface area contributed by atoms with Crippen LogP contribution in [0, 0.1) is 0 Å². The Balaban J connectivity index is 1.85. The maximum Gasteiger partial charge on any atom is 0.104 e. The van der Waals surface area contributed by atoms with E-state index in [9.17, 15) is 0 Å². The number of rotatable bonds is 3. The predicted molar refractivity (Wildman–Crippen MR) is 67.1 cm³/mol. The van der Waals surface area contributed by atoms with Crippen molar-refractivity contribution in [2.75, 3.05) is 19.7 Å². The molecule has 1 aliphatic heterocycles. The van der Waals surface area contributed by atoms with E-state index in [0.717, 1.165) is 19.7 Å². The Labute approximate surface area is 101 Å². The van der Waals surface area contributed by atoms with Crippen LogP contribution >= 0.6 is 11.3 Å². The van der Waals surface area contributed by atoms with Gasteiger partial charge in [0.05, 0.1) is 6.61 Å². The van der Waals surface area contributed by atoms with E-state index in [-0.39, 0.29) is 0 Å². The first-order valence-corrected chi connectivity index (χ1v) is 7.14. The molecule has 2 aliphatic rings. The molecule has 0 radical (unpaired) electrons. The van der Waals surface area contributed by atoms with Crippen molar-refractivity contribution in [2.45, 2.75) is 37.7 Å². The number of hydrogen-bond donors (Lipinski definition) is 1. The molecule has 1 spiro atoms. The summed E-state index contributed by atoms with van der Waals surface area (Å²) in [5, 5.41) is 5.63. The molecule has 3 rings (SSSR count). The van der Waals surface area contributed by atoms with Gasteiger partial charge in [-0.25, -0.2) is 0 Å². The summed E-state index contributed by atoms with van der Waals surface area (Å²) in [5.74, 6) is 0. The molecule has 0 aromatic carbocycles. The summed E-state index contributed by atoms with van der Waals surface area (Å²) in [4.78, 5) is 1.48. The quantitative estimate of drug-likeness (QED) is 0.873. The third kappa shape index (κ3) is 1.53. The van der Waals surface area contributed by atoms with Gasteiger partial charge in [-0.1, -0.05) is 13.3 Å². The summed E-state index contributed by atoms with van der Waals surface area (Å²) in [6.45, 7) is 5.06. The van der Waals surface area contributed by atoms with Crippen molar-refractivity contribution >= 4 is 11.3 Å². The van der Waals surface area contributed by atoms with E-state index < -0.39 is 0 Å². The minimum atomic E-state index is 0.293. The summed E-state index contributed by atoms with van der Waals surface area (Å²) in [7, 11) is 0. The molecule has 1 aromatic heterocycles. The highest BCUT2D eigenvalue weighted by atomic mass is 32.1. The average Bonchev–Trinajstić information content (AvgIpc) is 2.72. The normalized spacial score (nSPS) is 26.4. The predicted octanol–water partition coefficient (Wildman–Crippen LogP) is 2.85. The van der Waals surface area contributed by atoms with Crippen molar-refractivity contribution in [3.8, 4) is 0 Å². The van der Waals surface area contributed by atoms with E-state index >= 15 is 0 Å². The Morgan fingerprint density at radius 2 is 2.44 bits per heavy atom. The van der Waals surface area contributed by atoms with Gasteiger partial charge in [0.1, 0.15) is 6.10 Å². The molecule has 1 fully saturated rings. The summed E-state index contributed by atoms with van der Waals surface area (Å²) in [6, 6.07) is 2.33. The van der Waals surface area contributed by atoms with Crippen LogP contribution in [0.25, 0.3) is 0 Å². The van der Waals surface area contributed by atoms with E-state index in [0.29, 0.717) is 11.5 Å². The number of nitrogens with one attached hydrogen (secondary N) is 1. The summed E-state index contributed by atoms with van der Waals surface area (Å²) in [5.41, 5.74) is 2.00. The van der Waals surface area contributed by atoms with Crippen molar-refractivity contribution in [3.63, 3.8) is 0 Å². The van der Waals surface area contributed by atoms with E-state index in [2.05, 4.69) is 23.7 Å². The first-order chi connectivity index (χ1) is 7.86. The van der Waals surface area contributed by atoms with Gasteiger partial charge < -0.3 is 10.1 Å². The largest absolute Gasteiger partial charge is 0.370 e. The van der Waals surface area contributed by atoms with Crippen LogP contribution in [0.2, 0.25) is 0 Å². The molecule has 1 atom stereocenters. The molecule has 1 unspecified atom stereocenters. The second kappa shape index (κ2) is 4.13. The lowest BCUT2D eigenvalue weighted by Gasteiger charge is -2.46. The molecule has 1 aromatic rings. The minimum absolute atomic E-state index is 0.293. The lowest BCUT2D eigenvalue weighted by molar-refractivity contribution is -0.0244. The fourth-order valence-electron chi connectivity index (χ4n) is 2.87. The van der Waals surface area contributed by atoms with Gasteiger partial charge in [0, 0.05) is 16.8 Å². The smallest absolute Gasteiger partial charge is 0.104 e. The van der Waals surface area contributed by atoms with E-state index in [1.165, 1.54) is 24.1 Å². The van der Waals surface area contributed by atoms with Crippen LogP contribution in [-0.2, 0) is 10.2 Å². The average molecular weight is 237 g/mol. The highest BCUT2D eigenvalue weighted by molar-refractivity contribution is 7.10. The van der Waals surface area contributed by atoms with Crippen molar-refractivity contribution in [3.05, 3.63) is 21.9 Å². The fraction of sp³-hybridized carbons (Fsp3) is 0.692. The first kappa shape index (κ1) is 10.8. The van der Waals surface area contributed by atoms with Crippen LogP contribution in [0.3, 0.4) is 0 Å². The molecular weight excluding hydrogens is 218 g/mol. The highest BCUT2D eigenvalue weighted by Crippen LogP contribution is 2.51. The molecular formula is C13H19NOS. The highest BCUT2D eigenvalue weighted by Gasteiger charge is 2.45. The Morgan fingerprint density at radius 1 is 1.56 bits per heavy atom. The van der Waals surface area contributed by atoms with Crippen molar-refractivity contribution in [1.82, 2.24) is 5.32 Å². The standard InChI is InChI=1S/C13H19NOS/c1-2-14-8-11-12-10(4-7-16-12)13(9-15-11)5-3-6-13/h4,7,11,14H,2-3,5-6,8-9H2,1H3. The second-order valence-electron chi connectivity index (χ2n) is 4.94. The summed E-state index contributed by atoms with van der Waals surface area (Å²) < 4.78 is 6.07. The third-order valence-electron chi connectivity index (χ3n) is 4.01. The molecule has 1 N–H and O–H groups in total. The van der Waals surface area contributed by atoms with Gasteiger partial charge in [-0.15, -0.1) is 11.3 Å². The Kier molecular flexibility index (Phi) is 2.78. The van der Waals surface area contributed by atoms with Crippen LogP contribution in [0.1, 0.15) is 42.7 Å². The zero-order valence-corrected chi connectivity index (χ0v) is 10.6. The van der Waals surface area contributed by atoms with Crippen LogP contribution in [0.4, 0.5) is 0 Å². The molecule has 1 saturated carbocycles. The van der Waals surface area contributed by atoms with Gasteiger partial charge in [-0.3, -0.25) is 0 Å². The Morgan fingerprint density at radius 3 is 3.12 bits per heavy atom. The number of hydrogen-bond acceptors (Lipinski definition) is 3. The summed E-state index contributed by atoms with van der Waals surface area (Å²) in [6.07, 6.45) is 4.31. The molecule has 0 bridgehead atoms. The number of fused-ring (bicyclic) bond motifs is 2. The van der Waals surface area contributed by atoms with Gasteiger partial charge in [0.25, 0.3) is 0 Å². The van der Waals surface area contributed by atoms with E-state index in [1.54, 1.807) is 5.56 Å². The van der Waals surface area contributed by atoms with E-state index in [1.807, 2.05) is 11.3 Å². The SMILES string of the molecule is CCNCC1OCC2(CCC2)c2ccsc21. The Bertz CT molecular complexity index is 370. The Hall–Kier alpha value is -0.380. The zero-order valence-electron chi connectivity index (χ0n) is 9.79. The molecule has 16 heavy (non-hydrogen) atoms. The van der Waals surface area contributed by atoms with Crippen molar-refractivity contribution in [1.29, 1.82) is 0 Å². The molecule has 2 heterocycles. The zero-order chi connectivity index (χ0) is 11.0. The lowest BCUT2D eigenvalue weighted by Crippen LogP contribution is -2.44. The van der Waals surface area contributed by atoms with Gasteiger partial charge in [-0.05, 0) is 36.4 Å². The molecule has 0 saturated heterocycles. The minimum Gasteiger partial charge on any atom is -0.370 e. The lowest BCUT2D eigenvalue weighted by atomic mass is 9.64. The topological polar surface area (TPSA) is 21.3 Å². The van der Waals surface area contributed by atoms with Gasteiger partial charge >= 0.3 is 0 Å². The molecule has 0 amide bonds. The maximum atomic E-state index is 6.07. The maximum absolute atomic E-state index is 6.07. The monoisotopic (exact) mass is 237 g/mol. The van der Waals surface area contributed by atoms with Gasteiger partial charge in [-0.2, -0.15) is 0 Å². The molecule has 88 valence electrons. The van der Waals surface area contributed by atoms with Crippen molar-refractivity contribution in [2.24, 2.45) is 0 Å². The summed E-state index contributed by atoms with van der Waals surface area (Å²) >= 11 is 1.87. The van der Waals surface area contributed by atoms with Crippen molar-refractivity contribution < 1.29 is 4.74 Å². The first-order valence-electron chi connectivity index (χ1n) is 6.26. The van der Waals surface area contributed by atoms with Crippen LogP contribution in [-0.4, -0.2) is 19.7 Å². The molecule has 3 heteroatoms. The number of thiophene rings is 1. The number of likely N-dealkylation sites (N-methyl/N-ethyl adjacent to an activating group) is 1. The van der Waals surface area contributed by atoms with Gasteiger partial charge in [0.2, 0.25) is 0 Å². The van der Waals surface area contributed by atoms with Crippen LogP contribution < -0.4 is 5.32 Å².